The molecule has 0 saturated heterocycles. The highest BCUT2D eigenvalue weighted by molar-refractivity contribution is 5.98. The zero-order valence-corrected chi connectivity index (χ0v) is 6.47. The normalized spacial score (nSPS) is 24.8. The fourth-order valence-corrected chi connectivity index (χ4v) is 0.900. The van der Waals surface area contributed by atoms with E-state index in [9.17, 15) is 18.4 Å². The van der Waals surface area contributed by atoms with Gasteiger partial charge in [0.1, 0.15) is 6.42 Å². The fourth-order valence-electron chi connectivity index (χ4n) is 0.900. The Kier molecular flexibility index (Phi) is 2.12. The summed E-state index contributed by atoms with van der Waals surface area (Å²) in [4.78, 5) is 21.3. The lowest BCUT2D eigenvalue weighted by Crippen LogP contribution is -2.13. The van der Waals surface area contributed by atoms with Crippen LogP contribution in [0, 0.1) is 5.92 Å². The molecule has 1 atom stereocenters. The monoisotopic (exact) mass is 178 g/mol. The summed E-state index contributed by atoms with van der Waals surface area (Å²) in [5, 5.41) is 0. The highest BCUT2D eigenvalue weighted by Gasteiger charge is 2.60. The zero-order valence-electron chi connectivity index (χ0n) is 6.47. The minimum absolute atomic E-state index is 0.428. The van der Waals surface area contributed by atoms with Crippen LogP contribution in [0.2, 0.25) is 0 Å². The van der Waals surface area contributed by atoms with E-state index in [1.165, 1.54) is 0 Å². The number of esters is 1. The number of hydrogen-bond donors (Lipinski definition) is 0. The number of hydrogen-bond acceptors (Lipinski definition) is 3. The lowest BCUT2D eigenvalue weighted by Gasteiger charge is -1.97. The number of ether oxygens (including phenoxy) is 1. The van der Waals surface area contributed by atoms with Gasteiger partial charge in [-0.2, -0.15) is 0 Å². The molecule has 1 rings (SSSR count). The Bertz CT molecular complexity index is 225. The van der Waals surface area contributed by atoms with E-state index in [4.69, 9.17) is 0 Å². The lowest BCUT2D eigenvalue weighted by molar-refractivity contribution is -0.144. The molecular formula is C7H8F2O3. The van der Waals surface area contributed by atoms with Crippen molar-refractivity contribution in [2.24, 2.45) is 5.92 Å². The summed E-state index contributed by atoms with van der Waals surface area (Å²) in [6, 6.07) is 0. The molecular weight excluding hydrogens is 170 g/mol. The van der Waals surface area contributed by atoms with Gasteiger partial charge in [-0.3, -0.25) is 9.59 Å². The third-order valence-electron chi connectivity index (χ3n) is 1.76. The second-order valence-electron chi connectivity index (χ2n) is 2.74. The first-order valence-corrected chi connectivity index (χ1v) is 3.44. The number of rotatable bonds is 3. The zero-order chi connectivity index (χ0) is 9.35. The highest BCUT2D eigenvalue weighted by atomic mass is 19.3. The molecule has 0 heterocycles. The maximum atomic E-state index is 12.2. The Hall–Kier alpha value is -1.00. The molecule has 0 radical (unpaired) electrons. The van der Waals surface area contributed by atoms with Gasteiger partial charge < -0.3 is 4.74 Å². The summed E-state index contributed by atoms with van der Waals surface area (Å²) < 4.78 is 28.6. The van der Waals surface area contributed by atoms with Crippen molar-refractivity contribution >= 4 is 11.8 Å². The molecule has 0 aliphatic heterocycles. The number of alkyl halides is 2. The lowest BCUT2D eigenvalue weighted by atomic mass is 10.2. The number of halogens is 2. The van der Waals surface area contributed by atoms with Gasteiger partial charge in [0.25, 0.3) is 5.92 Å². The van der Waals surface area contributed by atoms with Crippen molar-refractivity contribution in [1.29, 1.82) is 0 Å². The van der Waals surface area contributed by atoms with Gasteiger partial charge in [-0.15, -0.1) is 0 Å². The molecule has 0 spiro atoms. The third-order valence-corrected chi connectivity index (χ3v) is 1.76. The van der Waals surface area contributed by atoms with Crippen molar-refractivity contribution in [1.82, 2.24) is 0 Å². The molecule has 68 valence electrons. The van der Waals surface area contributed by atoms with Crippen molar-refractivity contribution in [2.75, 3.05) is 7.11 Å². The Morgan fingerprint density at radius 2 is 2.08 bits per heavy atom. The minimum Gasteiger partial charge on any atom is -0.469 e. The highest BCUT2D eigenvalue weighted by Crippen LogP contribution is 2.49. The summed E-state index contributed by atoms with van der Waals surface area (Å²) in [6.45, 7) is 0. The Balaban J connectivity index is 2.37. The van der Waals surface area contributed by atoms with E-state index in [2.05, 4.69) is 4.74 Å². The molecule has 0 aromatic carbocycles. The average molecular weight is 178 g/mol. The van der Waals surface area contributed by atoms with Gasteiger partial charge in [0.05, 0.1) is 13.0 Å². The molecule has 12 heavy (non-hydrogen) atoms. The van der Waals surface area contributed by atoms with E-state index < -0.39 is 36.4 Å². The summed E-state index contributed by atoms with van der Waals surface area (Å²) >= 11 is 0. The number of Topliss-reactive ketones (excluding diaryl/α,β-unsaturated/α-hetero) is 1. The Labute approximate surface area is 67.7 Å². The van der Waals surface area contributed by atoms with Crippen LogP contribution in [0.15, 0.2) is 0 Å². The Morgan fingerprint density at radius 3 is 2.42 bits per heavy atom. The van der Waals surface area contributed by atoms with Gasteiger partial charge in [0.15, 0.2) is 5.78 Å². The van der Waals surface area contributed by atoms with Crippen molar-refractivity contribution < 1.29 is 23.1 Å². The fraction of sp³-hybridized carbons (Fsp3) is 0.714. The van der Waals surface area contributed by atoms with Crippen LogP contribution in [0.3, 0.4) is 0 Å². The van der Waals surface area contributed by atoms with E-state index in [0.717, 1.165) is 7.11 Å². The van der Waals surface area contributed by atoms with Crippen LogP contribution in [0.4, 0.5) is 8.78 Å². The van der Waals surface area contributed by atoms with E-state index >= 15 is 0 Å². The second-order valence-corrected chi connectivity index (χ2v) is 2.74. The molecule has 0 aromatic heterocycles. The van der Waals surface area contributed by atoms with Crippen molar-refractivity contribution in [2.45, 2.75) is 18.8 Å². The van der Waals surface area contributed by atoms with Crippen molar-refractivity contribution in [3.63, 3.8) is 0 Å². The van der Waals surface area contributed by atoms with Crippen molar-refractivity contribution in [3.8, 4) is 0 Å². The largest absolute Gasteiger partial charge is 0.469 e. The first-order chi connectivity index (χ1) is 5.47. The topological polar surface area (TPSA) is 43.4 Å². The van der Waals surface area contributed by atoms with E-state index in [0.29, 0.717) is 0 Å². The van der Waals surface area contributed by atoms with E-state index in [1.54, 1.807) is 0 Å². The standard InChI is InChI=1S/C7H8F2O3/c1-12-6(11)2-5(10)4-3-7(4,8)9/h4H,2-3H2,1H3. The quantitative estimate of drug-likeness (QED) is 0.473. The molecule has 0 aromatic rings. The first kappa shape index (κ1) is 9.09. The molecule has 0 amide bonds. The summed E-state index contributed by atoms with van der Waals surface area (Å²) in [6.07, 6.45) is -0.973. The molecule has 3 nitrogen and oxygen atoms in total. The SMILES string of the molecule is COC(=O)CC(=O)C1CC1(F)F. The van der Waals surface area contributed by atoms with Gasteiger partial charge in [-0.1, -0.05) is 0 Å². The molecule has 1 fully saturated rings. The van der Waals surface area contributed by atoms with Crippen LogP contribution < -0.4 is 0 Å². The molecule has 1 aliphatic rings. The molecule has 1 unspecified atom stereocenters. The smallest absolute Gasteiger partial charge is 0.313 e. The van der Waals surface area contributed by atoms with Gasteiger partial charge in [0, 0.05) is 6.42 Å². The van der Waals surface area contributed by atoms with E-state index in [-0.39, 0.29) is 0 Å². The van der Waals surface area contributed by atoms with Crippen LogP contribution in [0.5, 0.6) is 0 Å². The van der Waals surface area contributed by atoms with Crippen LogP contribution in [-0.4, -0.2) is 24.8 Å². The second kappa shape index (κ2) is 2.80. The van der Waals surface area contributed by atoms with Crippen LogP contribution in [-0.2, 0) is 14.3 Å². The van der Waals surface area contributed by atoms with Crippen LogP contribution in [0.25, 0.3) is 0 Å². The number of ketones is 1. The maximum absolute atomic E-state index is 12.2. The first-order valence-electron chi connectivity index (χ1n) is 3.44. The minimum atomic E-state index is -2.88. The summed E-state index contributed by atoms with van der Waals surface area (Å²) in [7, 11) is 1.11. The molecule has 0 N–H and O–H groups in total. The maximum Gasteiger partial charge on any atom is 0.313 e. The Morgan fingerprint density at radius 1 is 1.58 bits per heavy atom. The van der Waals surface area contributed by atoms with Crippen LogP contribution >= 0.6 is 0 Å². The van der Waals surface area contributed by atoms with Gasteiger partial charge in [-0.05, 0) is 0 Å². The summed E-state index contributed by atoms with van der Waals surface area (Å²) in [5.74, 6) is -5.63. The molecule has 0 bridgehead atoms. The van der Waals surface area contributed by atoms with Crippen LogP contribution in [0.1, 0.15) is 12.8 Å². The summed E-state index contributed by atoms with van der Waals surface area (Å²) in [5.41, 5.74) is 0. The van der Waals surface area contributed by atoms with E-state index in [1.807, 2.05) is 0 Å². The average Bonchev–Trinajstić information content (AvgIpc) is 2.59. The molecule has 5 heteroatoms. The predicted octanol–water partition coefficient (Wildman–Crippen LogP) is 0.774. The van der Waals surface area contributed by atoms with Gasteiger partial charge >= 0.3 is 5.97 Å². The molecule has 1 saturated carbocycles. The number of methoxy groups -OCH3 is 1. The van der Waals surface area contributed by atoms with Crippen molar-refractivity contribution in [3.05, 3.63) is 0 Å². The number of carbonyl (C=O) groups excluding carboxylic acids is 2. The van der Waals surface area contributed by atoms with Gasteiger partial charge in [0.2, 0.25) is 0 Å². The molecule has 1 aliphatic carbocycles. The predicted molar refractivity (Wildman–Crippen MR) is 34.7 cm³/mol. The number of carbonyl (C=O) groups is 2. The third kappa shape index (κ3) is 1.78. The van der Waals surface area contributed by atoms with Gasteiger partial charge in [-0.25, -0.2) is 8.78 Å².